The van der Waals surface area contributed by atoms with Crippen molar-refractivity contribution in [3.05, 3.63) is 64.9 Å². The molecule has 6 heteroatoms. The van der Waals surface area contributed by atoms with Gasteiger partial charge in [-0.1, -0.05) is 18.2 Å². The van der Waals surface area contributed by atoms with Crippen molar-refractivity contribution in [1.82, 2.24) is 15.3 Å². The van der Waals surface area contributed by atoms with Crippen LogP contribution in [0.5, 0.6) is 5.75 Å². The SMILES string of the molecule is COc1ccccc1[C@H](C)NC(=O)c1sc(-c2cccnc2)nc1C. The first-order valence-electron chi connectivity index (χ1n) is 7.91. The molecular formula is C19H19N3O2S. The Hall–Kier alpha value is -2.73. The van der Waals surface area contributed by atoms with Crippen LogP contribution in [0.4, 0.5) is 0 Å². The van der Waals surface area contributed by atoms with Crippen molar-refractivity contribution in [2.75, 3.05) is 7.11 Å². The maximum atomic E-state index is 12.7. The van der Waals surface area contributed by atoms with Crippen molar-refractivity contribution in [1.29, 1.82) is 0 Å². The number of carbonyl (C=O) groups is 1. The highest BCUT2D eigenvalue weighted by Gasteiger charge is 2.20. The zero-order valence-corrected chi connectivity index (χ0v) is 15.1. The van der Waals surface area contributed by atoms with E-state index in [0.29, 0.717) is 10.6 Å². The number of thiazole rings is 1. The highest BCUT2D eigenvalue weighted by Crippen LogP contribution is 2.29. The van der Waals surface area contributed by atoms with E-state index in [-0.39, 0.29) is 11.9 Å². The van der Waals surface area contributed by atoms with E-state index in [1.165, 1.54) is 11.3 Å². The lowest BCUT2D eigenvalue weighted by Crippen LogP contribution is -2.26. The topological polar surface area (TPSA) is 64.1 Å². The molecule has 3 aromatic rings. The average Bonchev–Trinajstić information content (AvgIpc) is 3.04. The van der Waals surface area contributed by atoms with Crippen molar-refractivity contribution in [3.8, 4) is 16.3 Å². The van der Waals surface area contributed by atoms with Gasteiger partial charge in [0.25, 0.3) is 5.91 Å². The quantitative estimate of drug-likeness (QED) is 0.753. The van der Waals surface area contributed by atoms with Crippen LogP contribution in [-0.4, -0.2) is 23.0 Å². The van der Waals surface area contributed by atoms with Crippen molar-refractivity contribution >= 4 is 17.2 Å². The molecule has 0 fully saturated rings. The van der Waals surface area contributed by atoms with Crippen LogP contribution >= 0.6 is 11.3 Å². The molecule has 1 amide bonds. The third-order valence-corrected chi connectivity index (χ3v) is 5.07. The molecule has 0 aliphatic carbocycles. The first-order valence-corrected chi connectivity index (χ1v) is 8.73. The maximum Gasteiger partial charge on any atom is 0.263 e. The van der Waals surface area contributed by atoms with Crippen molar-refractivity contribution in [2.45, 2.75) is 19.9 Å². The summed E-state index contributed by atoms with van der Waals surface area (Å²) >= 11 is 1.37. The Bertz CT molecular complexity index is 877. The molecule has 0 unspecified atom stereocenters. The number of methoxy groups -OCH3 is 1. The molecule has 1 aromatic carbocycles. The molecule has 3 rings (SSSR count). The summed E-state index contributed by atoms with van der Waals surface area (Å²) in [5, 5.41) is 3.82. The van der Waals surface area contributed by atoms with E-state index >= 15 is 0 Å². The molecule has 0 radical (unpaired) electrons. The van der Waals surface area contributed by atoms with E-state index in [9.17, 15) is 4.79 Å². The second-order valence-electron chi connectivity index (χ2n) is 5.61. The molecule has 1 N–H and O–H groups in total. The molecule has 2 heterocycles. The van der Waals surface area contributed by atoms with E-state index in [1.54, 1.807) is 19.5 Å². The molecule has 1 atom stereocenters. The van der Waals surface area contributed by atoms with Crippen molar-refractivity contribution in [3.63, 3.8) is 0 Å². The van der Waals surface area contributed by atoms with Gasteiger partial charge in [0, 0.05) is 23.5 Å². The lowest BCUT2D eigenvalue weighted by atomic mass is 10.1. The first-order chi connectivity index (χ1) is 12.1. The average molecular weight is 353 g/mol. The number of hydrogen-bond donors (Lipinski definition) is 1. The van der Waals surface area contributed by atoms with Gasteiger partial charge in [0.2, 0.25) is 0 Å². The molecule has 0 spiro atoms. The monoisotopic (exact) mass is 353 g/mol. The van der Waals surface area contributed by atoms with Crippen LogP contribution < -0.4 is 10.1 Å². The zero-order chi connectivity index (χ0) is 17.8. The van der Waals surface area contributed by atoms with Crippen LogP contribution in [0, 0.1) is 6.92 Å². The van der Waals surface area contributed by atoms with E-state index < -0.39 is 0 Å². The molecule has 25 heavy (non-hydrogen) atoms. The van der Waals surface area contributed by atoms with E-state index in [0.717, 1.165) is 21.9 Å². The van der Waals surface area contributed by atoms with Gasteiger partial charge >= 0.3 is 0 Å². The summed E-state index contributed by atoms with van der Waals surface area (Å²) < 4.78 is 5.37. The highest BCUT2D eigenvalue weighted by molar-refractivity contribution is 7.17. The lowest BCUT2D eigenvalue weighted by Gasteiger charge is -2.16. The summed E-state index contributed by atoms with van der Waals surface area (Å²) in [5.41, 5.74) is 2.56. The molecule has 128 valence electrons. The molecule has 2 aromatic heterocycles. The summed E-state index contributed by atoms with van der Waals surface area (Å²) in [5.74, 6) is 0.621. The molecule has 0 bridgehead atoms. The minimum absolute atomic E-state index is 0.136. The normalized spacial score (nSPS) is 11.8. The van der Waals surface area contributed by atoms with Crippen LogP contribution in [0.3, 0.4) is 0 Å². The predicted molar refractivity (Wildman–Crippen MR) is 99.0 cm³/mol. The summed E-state index contributed by atoms with van der Waals surface area (Å²) in [6, 6.07) is 11.3. The minimum Gasteiger partial charge on any atom is -0.496 e. The van der Waals surface area contributed by atoms with E-state index in [4.69, 9.17) is 4.74 Å². The number of nitrogens with zero attached hydrogens (tertiary/aromatic N) is 2. The molecule has 0 saturated carbocycles. The Morgan fingerprint density at radius 3 is 2.76 bits per heavy atom. The summed E-state index contributed by atoms with van der Waals surface area (Å²) in [6.07, 6.45) is 3.46. The zero-order valence-electron chi connectivity index (χ0n) is 14.3. The second-order valence-corrected chi connectivity index (χ2v) is 6.61. The Labute approximate surface area is 150 Å². The first kappa shape index (κ1) is 17.1. The second kappa shape index (κ2) is 7.44. The predicted octanol–water partition coefficient (Wildman–Crippen LogP) is 4.01. The minimum atomic E-state index is -0.174. The number of aryl methyl sites for hydroxylation is 1. The Morgan fingerprint density at radius 2 is 2.04 bits per heavy atom. The van der Waals surface area contributed by atoms with Gasteiger partial charge in [0.15, 0.2) is 0 Å². The molecule has 5 nitrogen and oxygen atoms in total. The van der Waals surface area contributed by atoms with Crippen LogP contribution in [0.2, 0.25) is 0 Å². The fraction of sp³-hybridized carbons (Fsp3) is 0.211. The standard InChI is InChI=1S/C19H19N3O2S/c1-12(15-8-4-5-9-16(15)24-3)21-18(23)17-13(2)22-19(25-17)14-7-6-10-20-11-14/h4-12H,1-3H3,(H,21,23)/t12-/m0/s1. The number of ether oxygens (including phenoxy) is 1. The van der Waals surface area contributed by atoms with Crippen LogP contribution in [0.15, 0.2) is 48.8 Å². The third-order valence-electron chi connectivity index (χ3n) is 3.86. The third kappa shape index (κ3) is 3.69. The Balaban J connectivity index is 1.81. The van der Waals surface area contributed by atoms with Gasteiger partial charge in [-0.3, -0.25) is 9.78 Å². The Morgan fingerprint density at radius 1 is 1.24 bits per heavy atom. The van der Waals surface area contributed by atoms with Gasteiger partial charge in [-0.15, -0.1) is 11.3 Å². The lowest BCUT2D eigenvalue weighted by molar-refractivity contribution is 0.0943. The number of pyridine rings is 1. The van der Waals surface area contributed by atoms with Crippen LogP contribution in [0.1, 0.15) is 33.9 Å². The highest BCUT2D eigenvalue weighted by atomic mass is 32.1. The van der Waals surface area contributed by atoms with Crippen LogP contribution in [-0.2, 0) is 0 Å². The van der Waals surface area contributed by atoms with Gasteiger partial charge in [-0.05, 0) is 32.0 Å². The molecule has 0 aliphatic heterocycles. The summed E-state index contributed by atoms with van der Waals surface area (Å²) in [6.45, 7) is 3.78. The number of carbonyl (C=O) groups excluding carboxylic acids is 1. The fourth-order valence-electron chi connectivity index (χ4n) is 2.58. The number of benzene rings is 1. The smallest absolute Gasteiger partial charge is 0.263 e. The van der Waals surface area contributed by atoms with Gasteiger partial charge in [-0.2, -0.15) is 0 Å². The number of hydrogen-bond acceptors (Lipinski definition) is 5. The Kier molecular flexibility index (Phi) is 5.09. The molecule has 0 aliphatic rings. The fourth-order valence-corrected chi connectivity index (χ4v) is 3.54. The van der Waals surface area contributed by atoms with Gasteiger partial charge in [-0.25, -0.2) is 4.98 Å². The number of para-hydroxylation sites is 1. The largest absolute Gasteiger partial charge is 0.496 e. The van der Waals surface area contributed by atoms with Crippen molar-refractivity contribution < 1.29 is 9.53 Å². The number of aromatic nitrogens is 2. The summed E-state index contributed by atoms with van der Waals surface area (Å²) in [4.78, 5) is 21.9. The van der Waals surface area contributed by atoms with Gasteiger partial charge in [0.05, 0.1) is 18.8 Å². The molecule has 0 saturated heterocycles. The van der Waals surface area contributed by atoms with Gasteiger partial charge in [0.1, 0.15) is 15.6 Å². The summed E-state index contributed by atoms with van der Waals surface area (Å²) in [7, 11) is 1.63. The number of amides is 1. The maximum absolute atomic E-state index is 12.7. The van der Waals surface area contributed by atoms with E-state index in [2.05, 4.69) is 15.3 Å². The van der Waals surface area contributed by atoms with E-state index in [1.807, 2.05) is 50.2 Å². The van der Waals surface area contributed by atoms with Crippen LogP contribution in [0.25, 0.3) is 10.6 Å². The number of rotatable bonds is 5. The van der Waals surface area contributed by atoms with Gasteiger partial charge < -0.3 is 10.1 Å². The van der Waals surface area contributed by atoms with Crippen molar-refractivity contribution in [2.24, 2.45) is 0 Å². The number of nitrogens with one attached hydrogen (secondary N) is 1. The molecular weight excluding hydrogens is 334 g/mol.